The van der Waals surface area contributed by atoms with Crippen molar-refractivity contribution in [2.24, 2.45) is 39.6 Å². The minimum Gasteiger partial charge on any atom is -0.483 e. The molecule has 0 radical (unpaired) electrons. The fraction of sp³-hybridized carbons (Fsp3) is 0.600. The normalized spacial score (nSPS) is 9.17. The fourth-order valence-corrected chi connectivity index (χ4v) is 2.66. The van der Waals surface area contributed by atoms with Gasteiger partial charge in [-0.1, -0.05) is 93.2 Å². The van der Waals surface area contributed by atoms with Crippen LogP contribution in [0.1, 0.15) is 106 Å². The van der Waals surface area contributed by atoms with Crippen molar-refractivity contribution < 1.29 is 29.1 Å². The lowest BCUT2D eigenvalue weighted by molar-refractivity contribution is -0.123. The third-order valence-corrected chi connectivity index (χ3v) is 4.75. The molecule has 0 aliphatic rings. The molecule has 13 nitrogen and oxygen atoms in total. The van der Waals surface area contributed by atoms with Gasteiger partial charge < -0.3 is 48.7 Å². The lowest BCUT2D eigenvalue weighted by atomic mass is 9.87. The molecule has 13 heteroatoms. The molecule has 0 aliphatic carbocycles. The minimum atomic E-state index is -0.590. The number of carboxylic acid groups (broad SMARTS) is 1. The topological polar surface area (TPSA) is 260 Å². The Labute approximate surface area is 292 Å². The number of aliphatic imine (C=N–C) groups is 1. The van der Waals surface area contributed by atoms with Crippen LogP contribution in [-0.2, 0) is 29.4 Å². The highest BCUT2D eigenvalue weighted by atomic mass is 16.3. The Morgan fingerprint density at radius 2 is 1.33 bits per heavy atom. The van der Waals surface area contributed by atoms with Crippen molar-refractivity contribution in [1.29, 1.82) is 0 Å². The zero-order chi connectivity index (χ0) is 40.0. The average molecular weight is 688 g/mol. The molecule has 0 aliphatic heterocycles. The molecule has 284 valence electrons. The lowest BCUT2D eigenvalue weighted by Crippen LogP contribution is -2.15. The molecule has 0 heterocycles. The second-order valence-corrected chi connectivity index (χ2v) is 10.4. The van der Waals surface area contributed by atoms with Gasteiger partial charge in [0.05, 0.1) is 11.3 Å². The van der Waals surface area contributed by atoms with Crippen LogP contribution < -0.4 is 34.0 Å². The molecule has 0 unspecified atom stereocenters. The van der Waals surface area contributed by atoms with Gasteiger partial charge in [-0.15, -0.1) is 0 Å². The number of carbonyl (C=O) groups is 5. The summed E-state index contributed by atoms with van der Waals surface area (Å²) >= 11 is 0. The molecule has 1 aromatic carbocycles. The lowest BCUT2D eigenvalue weighted by Gasteiger charge is -2.18. The molecule has 0 fully saturated rings. The highest BCUT2D eigenvalue weighted by molar-refractivity contribution is 6.11. The summed E-state index contributed by atoms with van der Waals surface area (Å²) in [5.74, 6) is 0.0830. The van der Waals surface area contributed by atoms with Crippen molar-refractivity contribution >= 4 is 43.8 Å². The van der Waals surface area contributed by atoms with Crippen molar-refractivity contribution in [1.82, 2.24) is 5.32 Å². The standard InChI is InChI=1S/C14H19N3O.C9H21N.C4H9NO.C3H8.2CH5N.CH2O2.2CH2O/c1-14(2,3)11-4-6-12(7-5-11)17-9-10(8-15)13(16)18;1-9(2)7-5-4-6-8-10-3;1-2-3-4(5)6;1-3-2;2*1-2;2-1-3;2*1-2/h4-9H,15H2,1-3H3,(H2,16,18);9-10H,4-8H2,1-3H3;2-3H2,1H3,(H2,5,6);3H2,1-2H3;2*2H2,1H3;1H,(H,2,3);2*1H2/b10-8+,17-9?;;;;;;;;. The summed E-state index contributed by atoms with van der Waals surface area (Å²) in [5, 5.41) is 10.0. The molecule has 0 bridgehead atoms. The van der Waals surface area contributed by atoms with Crippen LogP contribution in [0.3, 0.4) is 0 Å². The number of unbranched alkanes of at least 4 members (excludes halogenated alkanes) is 2. The van der Waals surface area contributed by atoms with E-state index in [1.54, 1.807) is 0 Å². The van der Waals surface area contributed by atoms with Gasteiger partial charge in [0.15, 0.2) is 0 Å². The minimum absolute atomic E-state index is 0.109. The number of nitrogens with zero attached hydrogens (tertiary/aromatic N) is 1. The first-order valence-electron chi connectivity index (χ1n) is 15.8. The number of carbonyl (C=O) groups excluding carboxylic acids is 4. The molecular weight excluding hydrogens is 614 g/mol. The molecule has 1 rings (SSSR count). The van der Waals surface area contributed by atoms with Crippen LogP contribution in [0.2, 0.25) is 0 Å². The number of nitrogens with two attached hydrogens (primary N) is 5. The molecule has 2 amide bonds. The number of hydrogen-bond donors (Lipinski definition) is 7. The Balaban J connectivity index is -0.0000000754. The molecule has 0 saturated heterocycles. The van der Waals surface area contributed by atoms with Crippen molar-refractivity contribution in [3.05, 3.63) is 41.6 Å². The van der Waals surface area contributed by atoms with Gasteiger partial charge in [-0.2, -0.15) is 0 Å². The fourth-order valence-electron chi connectivity index (χ4n) is 2.66. The van der Waals surface area contributed by atoms with Crippen LogP contribution in [0.4, 0.5) is 5.69 Å². The number of rotatable bonds is 11. The van der Waals surface area contributed by atoms with Gasteiger partial charge in [0.25, 0.3) is 12.4 Å². The third-order valence-electron chi connectivity index (χ3n) is 4.75. The summed E-state index contributed by atoms with van der Waals surface area (Å²) in [6, 6.07) is 7.82. The van der Waals surface area contributed by atoms with Crippen molar-refractivity contribution in [2.45, 2.75) is 106 Å². The van der Waals surface area contributed by atoms with Gasteiger partial charge in [-0.05, 0) is 69.6 Å². The van der Waals surface area contributed by atoms with E-state index in [9.17, 15) is 9.59 Å². The third kappa shape index (κ3) is 64.9. The first kappa shape index (κ1) is 62.8. The van der Waals surface area contributed by atoms with Crippen LogP contribution in [0.15, 0.2) is 41.0 Å². The number of benzene rings is 1. The Kier molecular flexibility index (Phi) is 72.6. The van der Waals surface area contributed by atoms with Gasteiger partial charge in [0.1, 0.15) is 13.6 Å². The summed E-state index contributed by atoms with van der Waals surface area (Å²) in [5.41, 5.74) is 26.4. The van der Waals surface area contributed by atoms with Crippen LogP contribution in [-0.4, -0.2) is 70.9 Å². The summed E-state index contributed by atoms with van der Waals surface area (Å²) in [6.45, 7) is 22.1. The Morgan fingerprint density at radius 1 is 0.917 bits per heavy atom. The maximum absolute atomic E-state index is 10.9. The van der Waals surface area contributed by atoms with E-state index in [4.69, 9.17) is 36.7 Å². The van der Waals surface area contributed by atoms with Gasteiger partial charge in [0.2, 0.25) is 5.91 Å². The van der Waals surface area contributed by atoms with E-state index in [1.807, 2.05) is 51.8 Å². The summed E-state index contributed by atoms with van der Waals surface area (Å²) in [7, 11) is 5.02. The maximum Gasteiger partial charge on any atom is 0.290 e. The molecule has 0 aromatic heterocycles. The van der Waals surface area contributed by atoms with Gasteiger partial charge in [0, 0.05) is 18.8 Å². The molecule has 0 saturated carbocycles. The van der Waals surface area contributed by atoms with Crippen LogP contribution >= 0.6 is 0 Å². The highest BCUT2D eigenvalue weighted by Crippen LogP contribution is 2.24. The number of hydrogen-bond acceptors (Lipinski definition) is 10. The van der Waals surface area contributed by atoms with E-state index in [-0.39, 0.29) is 23.4 Å². The first-order chi connectivity index (χ1) is 22.7. The van der Waals surface area contributed by atoms with E-state index >= 15 is 0 Å². The van der Waals surface area contributed by atoms with Crippen LogP contribution in [0, 0.1) is 5.92 Å². The average Bonchev–Trinajstić information content (AvgIpc) is 3.06. The summed E-state index contributed by atoms with van der Waals surface area (Å²) in [6.07, 6.45) is 10.7. The van der Waals surface area contributed by atoms with E-state index in [0.29, 0.717) is 6.42 Å². The summed E-state index contributed by atoms with van der Waals surface area (Å²) < 4.78 is 0. The Hall–Kier alpha value is -3.94. The zero-order valence-corrected chi connectivity index (χ0v) is 32.0. The van der Waals surface area contributed by atoms with Crippen molar-refractivity contribution in [2.75, 3.05) is 27.7 Å². The van der Waals surface area contributed by atoms with Gasteiger partial charge >= 0.3 is 0 Å². The smallest absolute Gasteiger partial charge is 0.290 e. The largest absolute Gasteiger partial charge is 0.483 e. The quantitative estimate of drug-likeness (QED) is 0.0735. The Morgan fingerprint density at radius 3 is 1.58 bits per heavy atom. The molecule has 12 N–H and O–H groups in total. The SMILES string of the molecule is C=O.C=O.CC(C)(C)c1ccc(N=C/C(=C\N)C(N)=O)cc1.CCC.CCCC(N)=O.CN.CN.CNCCCCCC(C)C.O=CO. The molecule has 0 spiro atoms. The second-order valence-electron chi connectivity index (χ2n) is 10.4. The molecule has 1 aromatic rings. The van der Waals surface area contributed by atoms with Gasteiger partial charge in [-0.25, -0.2) is 0 Å². The molecular formula is C35H73N7O6. The monoisotopic (exact) mass is 688 g/mol. The van der Waals surface area contributed by atoms with Crippen molar-refractivity contribution in [3.8, 4) is 0 Å². The van der Waals surface area contributed by atoms with Gasteiger partial charge in [-0.3, -0.25) is 19.4 Å². The van der Waals surface area contributed by atoms with Crippen molar-refractivity contribution in [3.63, 3.8) is 0 Å². The zero-order valence-electron chi connectivity index (χ0n) is 32.0. The second kappa shape index (κ2) is 55.5. The number of amides is 2. The van der Waals surface area contributed by atoms with E-state index in [2.05, 4.69) is 70.2 Å². The van der Waals surface area contributed by atoms with Crippen LogP contribution in [0.25, 0.3) is 0 Å². The molecule has 0 atom stereocenters. The number of nitrogens with one attached hydrogen (secondary N) is 1. The number of primary amides is 2. The first-order valence-corrected chi connectivity index (χ1v) is 15.8. The maximum atomic E-state index is 10.9. The van der Waals surface area contributed by atoms with Crippen LogP contribution in [0.5, 0.6) is 0 Å². The van der Waals surface area contributed by atoms with E-state index < -0.39 is 5.91 Å². The van der Waals surface area contributed by atoms with E-state index in [1.165, 1.54) is 64.5 Å². The molecule has 48 heavy (non-hydrogen) atoms. The highest BCUT2D eigenvalue weighted by Gasteiger charge is 2.12. The predicted octanol–water partition coefficient (Wildman–Crippen LogP) is 4.61. The Bertz CT molecular complexity index is 841. The van der Waals surface area contributed by atoms with E-state index in [0.717, 1.165) is 24.2 Å². The summed E-state index contributed by atoms with van der Waals surface area (Å²) in [4.78, 5) is 49.3. The predicted molar refractivity (Wildman–Crippen MR) is 205 cm³/mol.